The van der Waals surface area contributed by atoms with E-state index in [4.69, 9.17) is 9.72 Å². The van der Waals surface area contributed by atoms with Crippen molar-refractivity contribution in [3.63, 3.8) is 0 Å². The number of rotatable bonds is 9. The van der Waals surface area contributed by atoms with E-state index in [0.717, 1.165) is 43.1 Å². The van der Waals surface area contributed by atoms with Crippen LogP contribution in [0.1, 0.15) is 11.3 Å². The molecule has 2 heterocycles. The average Bonchev–Trinajstić information content (AvgIpc) is 3.21. The zero-order valence-electron chi connectivity index (χ0n) is 21.2. The molecule has 0 aliphatic heterocycles. The number of thiophene rings is 1. The maximum Gasteiger partial charge on any atom is 0.266 e. The van der Waals surface area contributed by atoms with Gasteiger partial charge in [-0.2, -0.15) is 0 Å². The summed E-state index contributed by atoms with van der Waals surface area (Å²) in [6, 6.07) is 17.8. The number of anilines is 1. The maximum absolute atomic E-state index is 14.1. The van der Waals surface area contributed by atoms with Gasteiger partial charge >= 0.3 is 0 Å². The molecule has 0 saturated heterocycles. The zero-order chi connectivity index (χ0) is 26.1. The third-order valence-corrected chi connectivity index (χ3v) is 10.6. The fourth-order valence-electron chi connectivity index (χ4n) is 3.90. The van der Waals surface area contributed by atoms with Gasteiger partial charge in [0.05, 0.1) is 10.6 Å². The van der Waals surface area contributed by atoms with Gasteiger partial charge in [-0.05, 0) is 61.4 Å². The van der Waals surface area contributed by atoms with Crippen LogP contribution in [0.4, 0.5) is 5.69 Å². The lowest BCUT2D eigenvalue weighted by Gasteiger charge is -2.26. The summed E-state index contributed by atoms with van der Waals surface area (Å²) in [4.78, 5) is 5.78. The van der Waals surface area contributed by atoms with E-state index in [1.165, 1.54) is 15.6 Å². The molecule has 0 spiro atoms. The molecule has 36 heavy (non-hydrogen) atoms. The largest absolute Gasteiger partial charge is 0.360 e. The van der Waals surface area contributed by atoms with E-state index in [0.29, 0.717) is 12.3 Å². The van der Waals surface area contributed by atoms with Crippen molar-refractivity contribution in [2.75, 3.05) is 17.6 Å². The molecule has 2 aromatic heterocycles. The van der Waals surface area contributed by atoms with Crippen LogP contribution in [0.3, 0.4) is 0 Å². The smallest absolute Gasteiger partial charge is 0.266 e. The normalized spacial score (nSPS) is 12.3. The summed E-state index contributed by atoms with van der Waals surface area (Å²) in [7, 11) is -5.23. The molecule has 0 aliphatic carbocycles. The molecule has 2 aromatic carbocycles. The van der Waals surface area contributed by atoms with Gasteiger partial charge < -0.3 is 4.74 Å². The van der Waals surface area contributed by atoms with Crippen LogP contribution < -0.4 is 4.31 Å². The van der Waals surface area contributed by atoms with E-state index in [1.54, 1.807) is 18.2 Å². The Hall–Kier alpha value is -2.04. The summed E-state index contributed by atoms with van der Waals surface area (Å²) >= 11 is 5.08. The highest BCUT2D eigenvalue weighted by Gasteiger charge is 2.29. The molecule has 0 bridgehead atoms. The molecule has 190 valence electrons. The highest BCUT2D eigenvalue weighted by Crippen LogP contribution is 2.41. The minimum Gasteiger partial charge on any atom is -0.360 e. The lowest BCUT2D eigenvalue weighted by molar-refractivity contribution is 0.156. The van der Waals surface area contributed by atoms with Gasteiger partial charge in [0.25, 0.3) is 10.0 Å². The first-order chi connectivity index (χ1) is 17.0. The molecule has 9 heteroatoms. The zero-order valence-corrected chi connectivity index (χ0v) is 25.4. The molecule has 0 aliphatic rings. The Balaban J connectivity index is 1.88. The minimum absolute atomic E-state index is 0.0624. The predicted molar refractivity (Wildman–Crippen MR) is 157 cm³/mol. The van der Waals surface area contributed by atoms with Crippen molar-refractivity contribution in [2.24, 2.45) is 0 Å². The molecule has 4 rings (SSSR count). The molecule has 0 N–H and O–H groups in total. The summed E-state index contributed by atoms with van der Waals surface area (Å²) in [5.74, 6) is 0. The molecule has 0 amide bonds. The minimum atomic E-state index is -3.90. The Labute approximate surface area is 227 Å². The van der Waals surface area contributed by atoms with Crippen LogP contribution in [-0.4, -0.2) is 34.8 Å². The van der Waals surface area contributed by atoms with E-state index in [1.807, 2.05) is 55.6 Å². The molecular weight excluding hydrogens is 572 g/mol. The molecule has 4 aromatic rings. The first-order valence-corrected chi connectivity index (χ1v) is 18.6. The molecule has 0 saturated carbocycles. The monoisotopic (exact) mass is 602 g/mol. The van der Waals surface area contributed by atoms with Crippen LogP contribution >= 0.6 is 27.3 Å². The highest BCUT2D eigenvalue weighted by molar-refractivity contribution is 9.10. The van der Waals surface area contributed by atoms with E-state index in [9.17, 15) is 8.42 Å². The van der Waals surface area contributed by atoms with Gasteiger partial charge in [-0.15, -0.1) is 11.3 Å². The first-order valence-electron chi connectivity index (χ1n) is 11.8. The Morgan fingerprint density at radius 1 is 1.06 bits per heavy atom. The second kappa shape index (κ2) is 10.7. The number of hydrogen-bond acceptors (Lipinski definition) is 5. The second-order valence-corrected chi connectivity index (χ2v) is 19.4. The van der Waals surface area contributed by atoms with E-state index in [-0.39, 0.29) is 11.6 Å². The van der Waals surface area contributed by atoms with Crippen LogP contribution in [0, 0.1) is 13.8 Å². The van der Waals surface area contributed by atoms with Gasteiger partial charge in [0.2, 0.25) is 0 Å². The summed E-state index contributed by atoms with van der Waals surface area (Å²) in [6.07, 6.45) is 0. The molecular formula is C27H31BrN2O3S2Si. The number of pyridine rings is 1. The van der Waals surface area contributed by atoms with Crippen molar-refractivity contribution in [3.8, 4) is 11.1 Å². The lowest BCUT2D eigenvalue weighted by atomic mass is 10.0. The number of sulfonamides is 1. The SMILES string of the molecule is Cc1cccc(S(=O)(=O)N(COCC[Si](C)(C)C)c2cc(C)nc3scc(-c4cccc(Br)c4)c23)c1. The number of fused-ring (bicyclic) bond motifs is 1. The molecule has 0 fully saturated rings. The van der Waals surface area contributed by atoms with E-state index < -0.39 is 18.1 Å². The third-order valence-electron chi connectivity index (χ3n) is 5.84. The second-order valence-electron chi connectivity index (χ2n) is 10.1. The van der Waals surface area contributed by atoms with E-state index >= 15 is 0 Å². The van der Waals surface area contributed by atoms with Crippen molar-refractivity contribution in [3.05, 3.63) is 75.7 Å². The van der Waals surface area contributed by atoms with Crippen LogP contribution in [-0.2, 0) is 14.8 Å². The molecule has 0 unspecified atom stereocenters. The summed E-state index contributed by atoms with van der Waals surface area (Å²) in [6.45, 7) is 11.1. The van der Waals surface area contributed by atoms with Crippen LogP contribution in [0.5, 0.6) is 0 Å². The summed E-state index contributed by atoms with van der Waals surface area (Å²) < 4.78 is 36.6. The van der Waals surface area contributed by atoms with Crippen molar-refractivity contribution in [1.29, 1.82) is 0 Å². The van der Waals surface area contributed by atoms with Crippen LogP contribution in [0.25, 0.3) is 21.3 Å². The van der Waals surface area contributed by atoms with Gasteiger partial charge in [-0.25, -0.2) is 17.7 Å². The van der Waals surface area contributed by atoms with Gasteiger partial charge in [0, 0.05) is 41.2 Å². The summed E-state index contributed by atoms with van der Waals surface area (Å²) in [5, 5.41) is 2.86. The van der Waals surface area contributed by atoms with Crippen molar-refractivity contribution in [1.82, 2.24) is 4.98 Å². The fourth-order valence-corrected chi connectivity index (χ4v) is 7.53. The van der Waals surface area contributed by atoms with Crippen molar-refractivity contribution >= 4 is 61.3 Å². The predicted octanol–water partition coefficient (Wildman–Crippen LogP) is 7.85. The summed E-state index contributed by atoms with van der Waals surface area (Å²) in [5.41, 5.74) is 4.17. The van der Waals surface area contributed by atoms with Crippen molar-refractivity contribution in [2.45, 2.75) is 44.4 Å². The van der Waals surface area contributed by atoms with Gasteiger partial charge in [-0.1, -0.05) is 59.8 Å². The quantitative estimate of drug-likeness (QED) is 0.111. The molecule has 0 radical (unpaired) electrons. The van der Waals surface area contributed by atoms with E-state index in [2.05, 4.69) is 35.6 Å². The number of aromatic nitrogens is 1. The number of benzene rings is 2. The molecule has 0 atom stereocenters. The number of halogens is 1. The fraction of sp³-hybridized carbons (Fsp3) is 0.296. The number of nitrogens with zero attached hydrogens (tertiary/aromatic N) is 2. The van der Waals surface area contributed by atoms with Gasteiger partial charge in [0.1, 0.15) is 11.6 Å². The Morgan fingerprint density at radius 3 is 2.50 bits per heavy atom. The third kappa shape index (κ3) is 6.08. The van der Waals surface area contributed by atoms with Gasteiger partial charge in [-0.3, -0.25) is 0 Å². The maximum atomic E-state index is 14.1. The standard InChI is InChI=1S/C27H31BrN2O3S2Si/c1-19-8-6-11-23(14-19)35(31,32)30(18-33-12-13-36(3,4)5)25-15-20(2)29-27-26(25)24(17-34-27)21-9-7-10-22(28)16-21/h6-11,14-17H,12-13,18H2,1-5H3. The number of hydrogen-bond donors (Lipinski definition) is 0. The lowest BCUT2D eigenvalue weighted by Crippen LogP contribution is -2.34. The molecule has 5 nitrogen and oxygen atoms in total. The van der Waals surface area contributed by atoms with Crippen molar-refractivity contribution < 1.29 is 13.2 Å². The number of ether oxygens (including phenoxy) is 1. The average molecular weight is 604 g/mol. The van der Waals surface area contributed by atoms with Crippen LogP contribution in [0.2, 0.25) is 25.7 Å². The number of aryl methyl sites for hydroxylation is 2. The van der Waals surface area contributed by atoms with Gasteiger partial charge in [0.15, 0.2) is 0 Å². The van der Waals surface area contributed by atoms with Crippen LogP contribution in [0.15, 0.2) is 69.3 Å². The Kier molecular flexibility index (Phi) is 8.06. The topological polar surface area (TPSA) is 59.5 Å². The first kappa shape index (κ1) is 27.0. The Bertz CT molecular complexity index is 1500. The highest BCUT2D eigenvalue weighted by atomic mass is 79.9. The Morgan fingerprint density at radius 2 is 1.81 bits per heavy atom.